The Bertz CT molecular complexity index is 932. The van der Waals surface area contributed by atoms with Gasteiger partial charge in [0.25, 0.3) is 5.91 Å². The highest BCUT2D eigenvalue weighted by atomic mass is 16.5. The second kappa shape index (κ2) is 10.4. The average molecular weight is 423 g/mol. The smallest absolute Gasteiger partial charge is 0.259 e. The minimum absolute atomic E-state index is 0.188. The fourth-order valence-corrected chi connectivity index (χ4v) is 4.19. The van der Waals surface area contributed by atoms with Crippen LogP contribution in [-0.2, 0) is 16.1 Å². The highest BCUT2D eigenvalue weighted by Crippen LogP contribution is 2.26. The third-order valence-electron chi connectivity index (χ3n) is 5.82. The number of nitrogens with one attached hydrogen (secondary N) is 1. The zero-order chi connectivity index (χ0) is 21.5. The molecule has 1 aliphatic rings. The topological polar surface area (TPSA) is 77.2 Å². The largest absolute Gasteiger partial charge is 0.367 e. The van der Waals surface area contributed by atoms with E-state index in [0.29, 0.717) is 0 Å². The molecule has 1 aliphatic heterocycles. The van der Waals surface area contributed by atoms with Gasteiger partial charge in [0.2, 0.25) is 0 Å². The third kappa shape index (κ3) is 5.39. The van der Waals surface area contributed by atoms with E-state index >= 15 is 0 Å². The number of likely N-dealkylation sites (tertiary alicyclic amines) is 1. The summed E-state index contributed by atoms with van der Waals surface area (Å²) in [5.41, 5.74) is 0.831. The molecule has 164 valence electrons. The number of carbonyl (C=O) groups is 1. The maximum absolute atomic E-state index is 12.9. The second-order valence-electron chi connectivity index (χ2n) is 7.87. The third-order valence-corrected chi connectivity index (χ3v) is 5.82. The molecule has 8 nitrogen and oxygen atoms in total. The Balaban J connectivity index is 1.30. The Morgan fingerprint density at radius 2 is 1.90 bits per heavy atom. The van der Waals surface area contributed by atoms with Crippen molar-refractivity contribution in [2.45, 2.75) is 38.0 Å². The molecule has 1 aromatic carbocycles. The molecule has 1 atom stereocenters. The molecule has 4 rings (SSSR count). The summed E-state index contributed by atoms with van der Waals surface area (Å²) in [5, 5.41) is 11.8. The normalized spacial score (nSPS) is 16.3. The maximum atomic E-state index is 12.9. The van der Waals surface area contributed by atoms with Crippen molar-refractivity contribution in [2.24, 2.45) is 0 Å². The average Bonchev–Trinajstić information content (AvgIpc) is 3.48. The summed E-state index contributed by atoms with van der Waals surface area (Å²) in [6.45, 7) is 4.08. The number of nitrogens with zero attached hydrogens (tertiary/aromatic N) is 5. The van der Waals surface area contributed by atoms with Crippen LogP contribution in [-0.4, -0.2) is 57.1 Å². The molecule has 3 aromatic rings. The number of benzene rings is 1. The molecule has 3 heterocycles. The van der Waals surface area contributed by atoms with Crippen LogP contribution in [0.1, 0.15) is 37.0 Å². The van der Waals surface area contributed by atoms with E-state index in [9.17, 15) is 4.79 Å². The van der Waals surface area contributed by atoms with E-state index in [1.165, 1.54) is 0 Å². The number of anilines is 1. The van der Waals surface area contributed by atoms with Crippen LogP contribution in [0.2, 0.25) is 0 Å². The van der Waals surface area contributed by atoms with E-state index < -0.39 is 6.10 Å². The van der Waals surface area contributed by atoms with Crippen LogP contribution in [0.4, 0.5) is 5.82 Å². The van der Waals surface area contributed by atoms with Crippen molar-refractivity contribution in [1.82, 2.24) is 24.5 Å². The van der Waals surface area contributed by atoms with Crippen molar-refractivity contribution in [3.05, 3.63) is 66.6 Å². The quantitative estimate of drug-likeness (QED) is 0.573. The molecule has 1 fully saturated rings. The predicted octanol–water partition coefficient (Wildman–Crippen LogP) is 3.13. The van der Waals surface area contributed by atoms with Gasteiger partial charge < -0.3 is 15.0 Å². The molecule has 1 amide bonds. The van der Waals surface area contributed by atoms with Crippen LogP contribution in [0.5, 0.6) is 0 Å². The zero-order valence-electron chi connectivity index (χ0n) is 17.9. The van der Waals surface area contributed by atoms with Crippen LogP contribution in [0, 0.1) is 0 Å². The second-order valence-corrected chi connectivity index (χ2v) is 7.87. The van der Waals surface area contributed by atoms with Gasteiger partial charge in [-0.15, -0.1) is 0 Å². The molecule has 1 saturated heterocycles. The summed E-state index contributed by atoms with van der Waals surface area (Å²) in [6, 6.07) is 13.6. The van der Waals surface area contributed by atoms with Crippen LogP contribution in [0.25, 0.3) is 0 Å². The van der Waals surface area contributed by atoms with E-state index in [-0.39, 0.29) is 11.9 Å². The number of carbonyl (C=O) groups excluding carboxylic acids is 1. The molecule has 0 spiro atoms. The molecule has 2 aromatic heterocycles. The van der Waals surface area contributed by atoms with Crippen molar-refractivity contribution >= 4 is 11.7 Å². The first-order valence-electron chi connectivity index (χ1n) is 10.9. The van der Waals surface area contributed by atoms with E-state index in [0.717, 1.165) is 56.8 Å². The molecular weight excluding hydrogens is 392 g/mol. The first-order valence-corrected chi connectivity index (χ1v) is 10.9. The number of amides is 1. The summed E-state index contributed by atoms with van der Waals surface area (Å²) in [4.78, 5) is 15.4. The van der Waals surface area contributed by atoms with Gasteiger partial charge in [-0.3, -0.25) is 9.48 Å². The van der Waals surface area contributed by atoms with Gasteiger partial charge in [-0.25, -0.2) is 4.68 Å². The lowest BCUT2D eigenvalue weighted by Gasteiger charge is -2.32. The zero-order valence-corrected chi connectivity index (χ0v) is 17.9. The monoisotopic (exact) mass is 422 g/mol. The van der Waals surface area contributed by atoms with Crippen molar-refractivity contribution in [2.75, 3.05) is 32.1 Å². The highest BCUT2D eigenvalue weighted by Gasteiger charge is 2.25. The van der Waals surface area contributed by atoms with E-state index in [4.69, 9.17) is 4.74 Å². The Labute approximate surface area is 182 Å². The van der Waals surface area contributed by atoms with Gasteiger partial charge in [0, 0.05) is 45.2 Å². The molecule has 0 bridgehead atoms. The van der Waals surface area contributed by atoms with Crippen molar-refractivity contribution in [1.29, 1.82) is 0 Å². The van der Waals surface area contributed by atoms with Crippen LogP contribution < -0.4 is 5.32 Å². The van der Waals surface area contributed by atoms with Crippen LogP contribution in [0.3, 0.4) is 0 Å². The van der Waals surface area contributed by atoms with E-state index in [1.807, 2.05) is 64.2 Å². The summed E-state index contributed by atoms with van der Waals surface area (Å²) >= 11 is 0. The fourth-order valence-electron chi connectivity index (χ4n) is 4.19. The number of piperidine rings is 1. The number of ether oxygens (including phenoxy) is 1. The fraction of sp³-hybridized carbons (Fsp3) is 0.435. The van der Waals surface area contributed by atoms with Crippen molar-refractivity contribution in [3.63, 3.8) is 0 Å². The van der Waals surface area contributed by atoms with E-state index in [2.05, 4.69) is 20.4 Å². The van der Waals surface area contributed by atoms with Gasteiger partial charge in [0.1, 0.15) is 5.82 Å². The van der Waals surface area contributed by atoms with Crippen LogP contribution >= 0.6 is 0 Å². The molecule has 8 heteroatoms. The minimum Gasteiger partial charge on any atom is -0.367 e. The van der Waals surface area contributed by atoms with Crippen molar-refractivity contribution in [3.8, 4) is 0 Å². The number of aryl methyl sites for hydroxylation is 1. The molecule has 31 heavy (non-hydrogen) atoms. The van der Waals surface area contributed by atoms with E-state index in [1.54, 1.807) is 13.3 Å². The summed E-state index contributed by atoms with van der Waals surface area (Å²) in [5.74, 6) is 0.534. The molecule has 0 saturated carbocycles. The van der Waals surface area contributed by atoms with Gasteiger partial charge in [0.15, 0.2) is 6.10 Å². The molecule has 1 N–H and O–H groups in total. The number of hydrogen-bond acceptors (Lipinski definition) is 5. The molecule has 0 aliphatic carbocycles. The van der Waals surface area contributed by atoms with Crippen molar-refractivity contribution < 1.29 is 9.53 Å². The number of hydrogen-bond donors (Lipinski definition) is 1. The Hall–Kier alpha value is -2.97. The predicted molar refractivity (Wildman–Crippen MR) is 119 cm³/mol. The summed E-state index contributed by atoms with van der Waals surface area (Å²) < 4.78 is 9.39. The van der Waals surface area contributed by atoms with Gasteiger partial charge in [-0.2, -0.15) is 10.2 Å². The highest BCUT2D eigenvalue weighted by molar-refractivity contribution is 5.94. The summed E-state index contributed by atoms with van der Waals surface area (Å²) in [7, 11) is 1.55. The first kappa shape index (κ1) is 21.3. The number of aromatic nitrogens is 4. The number of methoxy groups -OCH3 is 1. The number of rotatable bonds is 9. The molecule has 1 unspecified atom stereocenters. The van der Waals surface area contributed by atoms with Gasteiger partial charge in [0.05, 0.1) is 12.2 Å². The summed E-state index contributed by atoms with van der Waals surface area (Å²) in [6.07, 6.45) is 8.04. The molecule has 0 radical (unpaired) electrons. The van der Waals surface area contributed by atoms with Gasteiger partial charge in [-0.05, 0) is 37.4 Å². The first-order chi connectivity index (χ1) is 15.2. The Morgan fingerprint density at radius 1 is 1.10 bits per heavy atom. The minimum atomic E-state index is -0.652. The lowest BCUT2D eigenvalue weighted by Crippen LogP contribution is -2.36. The van der Waals surface area contributed by atoms with Crippen LogP contribution in [0.15, 0.2) is 61.1 Å². The lowest BCUT2D eigenvalue weighted by molar-refractivity contribution is -0.126. The lowest BCUT2D eigenvalue weighted by atomic mass is 10.0. The van der Waals surface area contributed by atoms with Gasteiger partial charge >= 0.3 is 0 Å². The standard InChI is InChI=1S/C23H30N6O2/c1-31-22(19-7-3-2-4-8-19)23(30)26-21-9-13-25-29(21)20-10-17-27(18-11-20)14-6-16-28-15-5-12-24-28/h2-5,7-9,12-13,15,20,22H,6,10-11,14,16-18H2,1H3,(H,26,30). The Kier molecular flexibility index (Phi) is 7.11. The molecular formula is C23H30N6O2. The maximum Gasteiger partial charge on any atom is 0.259 e. The SMILES string of the molecule is COC(C(=O)Nc1ccnn1C1CCN(CCCn2cccn2)CC1)c1ccccc1. The Morgan fingerprint density at radius 3 is 2.61 bits per heavy atom. The van der Waals surface area contributed by atoms with Gasteiger partial charge in [-0.1, -0.05) is 30.3 Å².